The highest BCUT2D eigenvalue weighted by Crippen LogP contribution is 2.16. The summed E-state index contributed by atoms with van der Waals surface area (Å²) in [5, 5.41) is 0. The minimum absolute atomic E-state index is 0.0527. The molecule has 0 bridgehead atoms. The molecular formula is C12H10BrN3O. The van der Waals surface area contributed by atoms with E-state index in [2.05, 4.69) is 25.9 Å². The Balaban J connectivity index is 2.20. The molecule has 2 aromatic rings. The molecule has 2 heterocycles. The molecule has 0 atom stereocenters. The van der Waals surface area contributed by atoms with Crippen LogP contribution in [0, 0.1) is 0 Å². The van der Waals surface area contributed by atoms with Gasteiger partial charge in [0.2, 0.25) is 0 Å². The second kappa shape index (κ2) is 5.05. The van der Waals surface area contributed by atoms with Crippen molar-refractivity contribution in [2.24, 2.45) is 0 Å². The van der Waals surface area contributed by atoms with Crippen LogP contribution >= 0.6 is 15.9 Å². The summed E-state index contributed by atoms with van der Waals surface area (Å²) >= 11 is 3.30. The van der Waals surface area contributed by atoms with Crippen molar-refractivity contribution in [3.63, 3.8) is 0 Å². The smallest absolute Gasteiger partial charge is 0.186 e. The third-order valence-corrected chi connectivity index (χ3v) is 2.87. The number of pyridine rings is 2. The van der Waals surface area contributed by atoms with Gasteiger partial charge in [-0.1, -0.05) is 0 Å². The molecule has 2 N–H and O–H groups in total. The number of carbonyl (C=O) groups is 1. The number of hydrogen-bond donors (Lipinski definition) is 1. The van der Waals surface area contributed by atoms with Gasteiger partial charge in [-0.25, -0.2) is 4.98 Å². The Labute approximate surface area is 107 Å². The van der Waals surface area contributed by atoms with Gasteiger partial charge in [0.05, 0.1) is 0 Å². The third kappa shape index (κ3) is 2.88. The number of nitrogens with zero attached hydrogens (tertiary/aromatic N) is 2. The van der Waals surface area contributed by atoms with Gasteiger partial charge in [-0.15, -0.1) is 0 Å². The highest BCUT2D eigenvalue weighted by Gasteiger charge is 2.11. The first kappa shape index (κ1) is 11.7. The Bertz CT molecular complexity index is 557. The lowest BCUT2D eigenvalue weighted by Crippen LogP contribution is -2.07. The van der Waals surface area contributed by atoms with Crippen molar-refractivity contribution in [3.05, 3.63) is 52.4 Å². The molecule has 0 aliphatic carbocycles. The number of carbonyl (C=O) groups excluding carboxylic acids is 1. The first-order valence-electron chi connectivity index (χ1n) is 5.01. The van der Waals surface area contributed by atoms with Crippen LogP contribution in [0.1, 0.15) is 16.1 Å². The number of nitrogens with two attached hydrogens (primary N) is 1. The van der Waals surface area contributed by atoms with E-state index in [4.69, 9.17) is 5.73 Å². The Hall–Kier alpha value is -1.75. The van der Waals surface area contributed by atoms with Gasteiger partial charge in [-0.05, 0) is 45.8 Å². The van der Waals surface area contributed by atoms with Crippen LogP contribution in [0.3, 0.4) is 0 Å². The van der Waals surface area contributed by atoms with Crippen LogP contribution in [-0.2, 0) is 6.42 Å². The average molecular weight is 292 g/mol. The number of aromatic nitrogens is 2. The van der Waals surface area contributed by atoms with Crippen LogP contribution in [0.2, 0.25) is 0 Å². The summed E-state index contributed by atoms with van der Waals surface area (Å²) in [6.45, 7) is 0. The summed E-state index contributed by atoms with van der Waals surface area (Å²) in [6.07, 6.45) is 3.45. The Morgan fingerprint density at radius 3 is 2.82 bits per heavy atom. The number of Topliss-reactive ketones (excluding diaryl/α,β-unsaturated/α-hetero) is 1. The fourth-order valence-corrected chi connectivity index (χ4v) is 1.94. The van der Waals surface area contributed by atoms with Crippen LogP contribution in [-0.4, -0.2) is 15.8 Å². The van der Waals surface area contributed by atoms with Crippen molar-refractivity contribution in [2.45, 2.75) is 6.42 Å². The molecule has 0 radical (unpaired) electrons. The van der Waals surface area contributed by atoms with Crippen molar-refractivity contribution in [1.82, 2.24) is 9.97 Å². The Kier molecular flexibility index (Phi) is 3.49. The normalized spacial score (nSPS) is 10.2. The zero-order valence-corrected chi connectivity index (χ0v) is 10.5. The van der Waals surface area contributed by atoms with Gasteiger partial charge in [0.15, 0.2) is 5.78 Å². The van der Waals surface area contributed by atoms with E-state index in [1.54, 1.807) is 36.7 Å². The number of nitrogen functional groups attached to an aromatic ring is 1. The minimum Gasteiger partial charge on any atom is -0.384 e. The zero-order valence-electron chi connectivity index (χ0n) is 8.93. The molecule has 17 heavy (non-hydrogen) atoms. The van der Waals surface area contributed by atoms with Gasteiger partial charge >= 0.3 is 0 Å². The number of halogens is 1. The topological polar surface area (TPSA) is 68.9 Å². The predicted molar refractivity (Wildman–Crippen MR) is 68.6 cm³/mol. The van der Waals surface area contributed by atoms with Crippen LogP contribution in [0.15, 0.2) is 41.1 Å². The van der Waals surface area contributed by atoms with Crippen LogP contribution in [0.25, 0.3) is 0 Å². The van der Waals surface area contributed by atoms with Gasteiger partial charge in [0, 0.05) is 23.3 Å². The van der Waals surface area contributed by atoms with Crippen molar-refractivity contribution < 1.29 is 4.79 Å². The Morgan fingerprint density at radius 1 is 1.29 bits per heavy atom. The maximum atomic E-state index is 12.0. The van der Waals surface area contributed by atoms with Crippen molar-refractivity contribution in [3.8, 4) is 0 Å². The predicted octanol–water partition coefficient (Wildman–Crippen LogP) is 2.25. The number of rotatable bonds is 3. The standard InChI is InChI=1S/C12H10BrN3O/c13-9-2-1-4-16-12(9)10(17)6-8-3-5-15-11(14)7-8/h1-5,7H,6H2,(H2,14,15). The largest absolute Gasteiger partial charge is 0.384 e. The molecule has 0 spiro atoms. The lowest BCUT2D eigenvalue weighted by Gasteiger charge is -2.03. The van der Waals surface area contributed by atoms with Gasteiger partial charge in [-0.3, -0.25) is 9.78 Å². The van der Waals surface area contributed by atoms with E-state index in [1.807, 2.05) is 0 Å². The van der Waals surface area contributed by atoms with E-state index < -0.39 is 0 Å². The second-order valence-electron chi connectivity index (χ2n) is 3.52. The molecule has 2 aromatic heterocycles. The highest BCUT2D eigenvalue weighted by molar-refractivity contribution is 9.10. The van der Waals surface area contributed by atoms with Crippen molar-refractivity contribution in [1.29, 1.82) is 0 Å². The number of hydrogen-bond acceptors (Lipinski definition) is 4. The summed E-state index contributed by atoms with van der Waals surface area (Å²) in [5.41, 5.74) is 6.82. The first-order valence-corrected chi connectivity index (χ1v) is 5.80. The van der Waals surface area contributed by atoms with E-state index in [0.717, 1.165) is 5.56 Å². The van der Waals surface area contributed by atoms with Gasteiger partial charge in [0.1, 0.15) is 11.5 Å². The fourth-order valence-electron chi connectivity index (χ4n) is 1.46. The molecule has 0 aromatic carbocycles. The summed E-state index contributed by atoms with van der Waals surface area (Å²) < 4.78 is 0.701. The molecule has 2 rings (SSSR count). The van der Waals surface area contributed by atoms with Crippen molar-refractivity contribution in [2.75, 3.05) is 5.73 Å². The molecule has 0 aliphatic heterocycles. The molecule has 0 fully saturated rings. The average Bonchev–Trinajstić information content (AvgIpc) is 2.29. The van der Waals surface area contributed by atoms with E-state index in [-0.39, 0.29) is 12.2 Å². The summed E-state index contributed by atoms with van der Waals surface area (Å²) in [5.74, 6) is 0.360. The summed E-state index contributed by atoms with van der Waals surface area (Å²) in [6, 6.07) is 7.02. The number of ketones is 1. The minimum atomic E-state index is -0.0527. The van der Waals surface area contributed by atoms with E-state index in [1.165, 1.54) is 0 Å². The molecule has 4 nitrogen and oxygen atoms in total. The van der Waals surface area contributed by atoms with Crippen LogP contribution < -0.4 is 5.73 Å². The van der Waals surface area contributed by atoms with Crippen LogP contribution in [0.4, 0.5) is 5.82 Å². The Morgan fingerprint density at radius 2 is 2.12 bits per heavy atom. The zero-order chi connectivity index (χ0) is 12.3. The maximum absolute atomic E-state index is 12.0. The van der Waals surface area contributed by atoms with Gasteiger partial charge < -0.3 is 5.73 Å². The molecular weight excluding hydrogens is 282 g/mol. The number of anilines is 1. The maximum Gasteiger partial charge on any atom is 0.186 e. The summed E-state index contributed by atoms with van der Waals surface area (Å²) in [4.78, 5) is 19.9. The molecule has 0 saturated carbocycles. The highest BCUT2D eigenvalue weighted by atomic mass is 79.9. The molecule has 0 aliphatic rings. The molecule has 0 saturated heterocycles. The molecule has 0 amide bonds. The van der Waals surface area contributed by atoms with E-state index >= 15 is 0 Å². The van der Waals surface area contributed by atoms with Gasteiger partial charge in [0.25, 0.3) is 0 Å². The monoisotopic (exact) mass is 291 g/mol. The van der Waals surface area contributed by atoms with E-state index in [9.17, 15) is 4.79 Å². The molecule has 86 valence electrons. The molecule has 5 heteroatoms. The SMILES string of the molecule is Nc1cc(CC(=O)c2ncccc2Br)ccn1. The molecule has 0 unspecified atom stereocenters. The first-order chi connectivity index (χ1) is 8.16. The van der Waals surface area contributed by atoms with Gasteiger partial charge in [-0.2, -0.15) is 0 Å². The lowest BCUT2D eigenvalue weighted by atomic mass is 10.1. The van der Waals surface area contributed by atoms with Crippen molar-refractivity contribution >= 4 is 27.5 Å². The fraction of sp³-hybridized carbons (Fsp3) is 0.0833. The van der Waals surface area contributed by atoms with E-state index in [0.29, 0.717) is 16.0 Å². The summed E-state index contributed by atoms with van der Waals surface area (Å²) in [7, 11) is 0. The quantitative estimate of drug-likeness (QED) is 0.881. The lowest BCUT2D eigenvalue weighted by molar-refractivity contribution is 0.0987. The van der Waals surface area contributed by atoms with Crippen LogP contribution in [0.5, 0.6) is 0 Å². The second-order valence-corrected chi connectivity index (χ2v) is 4.38. The third-order valence-electron chi connectivity index (χ3n) is 2.23.